The molecule has 2 aliphatic rings. The summed E-state index contributed by atoms with van der Waals surface area (Å²) in [6.07, 6.45) is 5.48. The number of nitrogens with two attached hydrogens (primary N) is 1. The summed E-state index contributed by atoms with van der Waals surface area (Å²) in [4.78, 5) is 30.7. The van der Waals surface area contributed by atoms with E-state index in [2.05, 4.69) is 48.3 Å². The summed E-state index contributed by atoms with van der Waals surface area (Å²) >= 11 is 1.54. The lowest BCUT2D eigenvalue weighted by molar-refractivity contribution is 0.122. The van der Waals surface area contributed by atoms with Gasteiger partial charge in [0.15, 0.2) is 0 Å². The maximum Gasteiger partial charge on any atom is 0.312 e. The second-order valence-electron chi connectivity index (χ2n) is 8.24. The van der Waals surface area contributed by atoms with Crippen molar-refractivity contribution in [3.05, 3.63) is 41.1 Å². The molecule has 32 heavy (non-hydrogen) atoms. The van der Waals surface area contributed by atoms with Gasteiger partial charge in [-0.2, -0.15) is 0 Å². The van der Waals surface area contributed by atoms with E-state index in [-0.39, 0.29) is 12.0 Å². The van der Waals surface area contributed by atoms with E-state index >= 15 is 0 Å². The van der Waals surface area contributed by atoms with Crippen molar-refractivity contribution < 1.29 is 9.53 Å². The number of ether oxygens (including phenoxy) is 1. The number of aromatic nitrogens is 3. The summed E-state index contributed by atoms with van der Waals surface area (Å²) in [5, 5.41) is 3.98. The van der Waals surface area contributed by atoms with Gasteiger partial charge in [0.2, 0.25) is 0 Å². The number of primary amides is 1. The highest BCUT2D eigenvalue weighted by Gasteiger charge is 2.31. The molecule has 0 aliphatic carbocycles. The molecule has 0 bridgehead atoms. The summed E-state index contributed by atoms with van der Waals surface area (Å²) in [6, 6.07) is 5.76. The van der Waals surface area contributed by atoms with Gasteiger partial charge in [0.05, 0.1) is 30.3 Å². The zero-order valence-electron chi connectivity index (χ0n) is 17.8. The second-order valence-corrected chi connectivity index (χ2v) is 9.15. The van der Waals surface area contributed by atoms with Crippen molar-refractivity contribution >= 4 is 39.8 Å². The third-order valence-electron chi connectivity index (χ3n) is 6.26. The predicted molar refractivity (Wildman–Crippen MR) is 125 cm³/mol. The Morgan fingerprint density at radius 1 is 1.22 bits per heavy atom. The molecule has 0 radical (unpaired) electrons. The molecule has 2 saturated heterocycles. The fourth-order valence-corrected chi connectivity index (χ4v) is 5.49. The largest absolute Gasteiger partial charge is 0.378 e. The number of fused-ring (bicyclic) bond motifs is 1. The van der Waals surface area contributed by atoms with E-state index in [9.17, 15) is 4.79 Å². The van der Waals surface area contributed by atoms with Crippen LogP contribution in [0.2, 0.25) is 0 Å². The van der Waals surface area contributed by atoms with E-state index < -0.39 is 6.03 Å². The molecule has 168 valence electrons. The van der Waals surface area contributed by atoms with Gasteiger partial charge in [-0.1, -0.05) is 0 Å². The zero-order valence-corrected chi connectivity index (χ0v) is 18.6. The number of nitrogens with one attached hydrogen (secondary N) is 1. The normalized spacial score (nSPS) is 20.3. The number of benzene rings is 1. The molecular weight excluding hydrogens is 426 g/mol. The SMILES string of the molecule is NC(=O)NC(c1cncs1)C1CCCN(c2ncnc3cc(N4CCOCC4)ccc23)C1. The van der Waals surface area contributed by atoms with E-state index in [0.717, 1.165) is 79.5 Å². The van der Waals surface area contributed by atoms with Crippen molar-refractivity contribution in [1.29, 1.82) is 0 Å². The van der Waals surface area contributed by atoms with Crippen LogP contribution in [0.1, 0.15) is 23.8 Å². The highest BCUT2D eigenvalue weighted by atomic mass is 32.1. The molecule has 2 aromatic heterocycles. The molecular formula is C22H27N7O2S. The van der Waals surface area contributed by atoms with Gasteiger partial charge >= 0.3 is 6.03 Å². The Kier molecular flexibility index (Phi) is 6.04. The number of rotatable bonds is 5. The van der Waals surface area contributed by atoms with Crippen LogP contribution in [-0.4, -0.2) is 60.4 Å². The zero-order chi connectivity index (χ0) is 21.9. The number of carbonyl (C=O) groups excluding carboxylic acids is 1. The van der Waals surface area contributed by atoms with Crippen molar-refractivity contribution in [1.82, 2.24) is 20.3 Å². The highest BCUT2D eigenvalue weighted by Crippen LogP contribution is 2.35. The first-order valence-corrected chi connectivity index (χ1v) is 11.8. The Balaban J connectivity index is 1.41. The van der Waals surface area contributed by atoms with Crippen LogP contribution in [0.5, 0.6) is 0 Å². The molecule has 3 N–H and O–H groups in total. The monoisotopic (exact) mass is 453 g/mol. The average molecular weight is 454 g/mol. The minimum Gasteiger partial charge on any atom is -0.378 e. The van der Waals surface area contributed by atoms with E-state index in [1.54, 1.807) is 23.2 Å². The minimum atomic E-state index is -0.511. The first kappa shape index (κ1) is 20.9. The van der Waals surface area contributed by atoms with E-state index in [4.69, 9.17) is 10.5 Å². The number of amides is 2. The van der Waals surface area contributed by atoms with Crippen LogP contribution in [-0.2, 0) is 4.74 Å². The molecule has 2 aliphatic heterocycles. The molecule has 2 atom stereocenters. The lowest BCUT2D eigenvalue weighted by atomic mass is 9.89. The Labute approximate surface area is 190 Å². The molecule has 2 unspecified atom stereocenters. The third kappa shape index (κ3) is 4.33. The van der Waals surface area contributed by atoms with Crippen LogP contribution in [0.3, 0.4) is 0 Å². The van der Waals surface area contributed by atoms with E-state index in [1.165, 1.54) is 0 Å². The van der Waals surface area contributed by atoms with Gasteiger partial charge in [-0.3, -0.25) is 4.98 Å². The van der Waals surface area contributed by atoms with Gasteiger partial charge in [-0.05, 0) is 31.0 Å². The summed E-state index contributed by atoms with van der Waals surface area (Å²) < 4.78 is 5.48. The average Bonchev–Trinajstić information content (AvgIpc) is 3.37. The molecule has 0 saturated carbocycles. The molecule has 9 nitrogen and oxygen atoms in total. The summed E-state index contributed by atoms with van der Waals surface area (Å²) in [7, 11) is 0. The summed E-state index contributed by atoms with van der Waals surface area (Å²) in [6.45, 7) is 4.98. The Bertz CT molecular complexity index is 1070. The number of hydrogen-bond acceptors (Lipinski definition) is 8. The van der Waals surface area contributed by atoms with Crippen molar-refractivity contribution in [2.45, 2.75) is 18.9 Å². The van der Waals surface area contributed by atoms with Crippen LogP contribution in [0.25, 0.3) is 10.9 Å². The lowest BCUT2D eigenvalue weighted by Gasteiger charge is -2.37. The van der Waals surface area contributed by atoms with Crippen molar-refractivity contribution in [2.75, 3.05) is 49.2 Å². The van der Waals surface area contributed by atoms with Gasteiger partial charge < -0.3 is 25.6 Å². The van der Waals surface area contributed by atoms with E-state index in [0.29, 0.717) is 0 Å². The number of morpholine rings is 1. The number of hydrogen-bond donors (Lipinski definition) is 2. The maximum absolute atomic E-state index is 11.7. The van der Waals surface area contributed by atoms with Crippen molar-refractivity contribution in [3.63, 3.8) is 0 Å². The number of carbonyl (C=O) groups is 1. The lowest BCUT2D eigenvalue weighted by Crippen LogP contribution is -2.44. The van der Waals surface area contributed by atoms with Crippen LogP contribution in [0.4, 0.5) is 16.3 Å². The van der Waals surface area contributed by atoms with Gasteiger partial charge in [0, 0.05) is 54.2 Å². The molecule has 1 aromatic carbocycles. The maximum atomic E-state index is 11.7. The quantitative estimate of drug-likeness (QED) is 0.611. The fourth-order valence-electron chi connectivity index (χ4n) is 4.73. The number of nitrogens with zero attached hydrogens (tertiary/aromatic N) is 5. The van der Waals surface area contributed by atoms with Crippen molar-refractivity contribution in [2.24, 2.45) is 11.7 Å². The van der Waals surface area contributed by atoms with Crippen LogP contribution >= 0.6 is 11.3 Å². The molecule has 2 fully saturated rings. The third-order valence-corrected chi connectivity index (χ3v) is 7.12. The summed E-state index contributed by atoms with van der Waals surface area (Å²) in [5.74, 6) is 1.16. The Hall–Kier alpha value is -2.98. The topological polar surface area (TPSA) is 110 Å². The number of anilines is 2. The molecule has 3 aromatic rings. The number of piperidine rings is 1. The Morgan fingerprint density at radius 2 is 2.09 bits per heavy atom. The van der Waals surface area contributed by atoms with Gasteiger partial charge in [0.1, 0.15) is 12.1 Å². The molecule has 2 amide bonds. The first-order valence-electron chi connectivity index (χ1n) is 11.0. The van der Waals surface area contributed by atoms with Gasteiger partial charge in [-0.25, -0.2) is 14.8 Å². The number of urea groups is 1. The standard InChI is InChI=1S/C22H27N7O2S/c23-22(30)27-20(19-11-24-14-32-19)15-2-1-5-29(12-15)21-17-4-3-16(10-18(17)25-13-26-21)28-6-8-31-9-7-28/h3-4,10-11,13-15,20H,1-2,5-9,12H2,(H3,23,27,30). The highest BCUT2D eigenvalue weighted by molar-refractivity contribution is 7.09. The molecule has 4 heterocycles. The molecule has 5 rings (SSSR count). The molecule has 10 heteroatoms. The van der Waals surface area contributed by atoms with Crippen LogP contribution in [0.15, 0.2) is 36.2 Å². The van der Waals surface area contributed by atoms with E-state index in [1.807, 2.05) is 6.20 Å². The van der Waals surface area contributed by atoms with Crippen LogP contribution < -0.4 is 20.9 Å². The fraction of sp³-hybridized carbons (Fsp3) is 0.455. The minimum absolute atomic E-state index is 0.149. The number of thiazole rings is 1. The Morgan fingerprint density at radius 3 is 2.88 bits per heavy atom. The van der Waals surface area contributed by atoms with Gasteiger partial charge in [-0.15, -0.1) is 11.3 Å². The summed E-state index contributed by atoms with van der Waals surface area (Å²) in [5.41, 5.74) is 9.38. The predicted octanol–water partition coefficient (Wildman–Crippen LogP) is 2.55. The van der Waals surface area contributed by atoms with Crippen LogP contribution in [0, 0.1) is 5.92 Å². The first-order chi connectivity index (χ1) is 15.7. The smallest absolute Gasteiger partial charge is 0.312 e. The second kappa shape index (κ2) is 9.25. The molecule has 0 spiro atoms. The van der Waals surface area contributed by atoms with Gasteiger partial charge in [0.25, 0.3) is 0 Å². The van der Waals surface area contributed by atoms with Crippen molar-refractivity contribution in [3.8, 4) is 0 Å².